The summed E-state index contributed by atoms with van der Waals surface area (Å²) in [5.41, 5.74) is 2.18. The van der Waals surface area contributed by atoms with E-state index in [2.05, 4.69) is 22.6 Å². The number of halogens is 1. The van der Waals surface area contributed by atoms with Crippen LogP contribution in [0.25, 0.3) is 3.58 Å². The predicted molar refractivity (Wildman–Crippen MR) is 98.6 cm³/mol. The van der Waals surface area contributed by atoms with Crippen molar-refractivity contribution in [3.8, 4) is 5.75 Å². The second-order valence-corrected chi connectivity index (χ2v) is 6.47. The molecule has 1 amide bonds. The molecule has 0 spiro atoms. The summed E-state index contributed by atoms with van der Waals surface area (Å²) in [5.74, 6) is 0.0930. The van der Waals surface area contributed by atoms with Gasteiger partial charge in [-0.3, -0.25) is 0 Å². The highest BCUT2D eigenvalue weighted by molar-refractivity contribution is 14.1. The average Bonchev–Trinajstić information content (AvgIpc) is 2.98. The van der Waals surface area contributed by atoms with Gasteiger partial charge in [0.2, 0.25) is 0 Å². The van der Waals surface area contributed by atoms with Crippen LogP contribution in [-0.4, -0.2) is 50.9 Å². The zero-order valence-electron chi connectivity index (χ0n) is 13.9. The molecule has 0 radical (unpaired) electrons. The minimum atomic E-state index is -0.430. The third kappa shape index (κ3) is 4.19. The van der Waals surface area contributed by atoms with E-state index in [4.69, 9.17) is 14.2 Å². The van der Waals surface area contributed by atoms with Gasteiger partial charge in [-0.25, -0.2) is 9.59 Å². The van der Waals surface area contributed by atoms with Crippen LogP contribution in [0.1, 0.15) is 27.9 Å². The molecule has 0 aromatic heterocycles. The Labute approximate surface area is 154 Å². The summed E-state index contributed by atoms with van der Waals surface area (Å²) in [6.07, 6.45) is 2.49. The fourth-order valence-electron chi connectivity index (χ4n) is 2.54. The number of rotatable bonds is 6. The second-order valence-electron chi connectivity index (χ2n) is 5.31. The second kappa shape index (κ2) is 8.36. The van der Waals surface area contributed by atoms with Gasteiger partial charge in [-0.05, 0) is 59.2 Å². The van der Waals surface area contributed by atoms with Gasteiger partial charge in [-0.15, -0.1) is 0 Å². The van der Waals surface area contributed by atoms with Crippen molar-refractivity contribution in [1.82, 2.24) is 4.90 Å². The summed E-state index contributed by atoms with van der Waals surface area (Å²) in [4.78, 5) is 25.0. The maximum Gasteiger partial charge on any atom is 0.409 e. The Morgan fingerprint density at radius 2 is 2.17 bits per heavy atom. The Bertz CT molecular complexity index is 671. The molecular formula is C17H20INO5. The zero-order valence-corrected chi connectivity index (χ0v) is 16.1. The molecule has 1 fully saturated rings. The molecule has 0 aliphatic carbocycles. The number of benzene rings is 1. The summed E-state index contributed by atoms with van der Waals surface area (Å²) < 4.78 is 16.0. The lowest BCUT2D eigenvalue weighted by Crippen LogP contribution is -2.24. The van der Waals surface area contributed by atoms with Gasteiger partial charge in [-0.1, -0.05) is 6.08 Å². The SMILES string of the molecule is COC(=O)c1cc(/C(I)=C/CCN2CCOC2=O)cc(C)c1OC. The predicted octanol–water partition coefficient (Wildman–Crippen LogP) is 3.41. The summed E-state index contributed by atoms with van der Waals surface area (Å²) in [7, 11) is 2.88. The number of amides is 1. The molecule has 1 heterocycles. The summed E-state index contributed by atoms with van der Waals surface area (Å²) in [6.45, 7) is 3.60. The maximum absolute atomic E-state index is 12.0. The van der Waals surface area contributed by atoms with Crippen LogP contribution in [-0.2, 0) is 9.47 Å². The highest BCUT2D eigenvalue weighted by Gasteiger charge is 2.21. The van der Waals surface area contributed by atoms with Crippen LogP contribution in [0.15, 0.2) is 18.2 Å². The van der Waals surface area contributed by atoms with E-state index < -0.39 is 5.97 Å². The quantitative estimate of drug-likeness (QED) is 0.496. The third-order valence-electron chi connectivity index (χ3n) is 3.73. The van der Waals surface area contributed by atoms with Crippen LogP contribution < -0.4 is 4.74 Å². The van der Waals surface area contributed by atoms with E-state index >= 15 is 0 Å². The van der Waals surface area contributed by atoms with Gasteiger partial charge in [0.05, 0.1) is 20.8 Å². The van der Waals surface area contributed by atoms with Crippen molar-refractivity contribution in [3.05, 3.63) is 34.9 Å². The van der Waals surface area contributed by atoms with Gasteiger partial charge in [0.15, 0.2) is 0 Å². The van der Waals surface area contributed by atoms with Gasteiger partial charge in [-0.2, -0.15) is 0 Å². The molecule has 0 bridgehead atoms. The molecular weight excluding hydrogens is 425 g/mol. The van der Waals surface area contributed by atoms with Crippen LogP contribution in [0.3, 0.4) is 0 Å². The molecule has 1 saturated heterocycles. The van der Waals surface area contributed by atoms with Gasteiger partial charge in [0.25, 0.3) is 0 Å². The molecule has 6 nitrogen and oxygen atoms in total. The van der Waals surface area contributed by atoms with Gasteiger partial charge in [0, 0.05) is 10.1 Å². The number of carbonyl (C=O) groups excluding carboxylic acids is 2. The van der Waals surface area contributed by atoms with Crippen molar-refractivity contribution in [2.24, 2.45) is 0 Å². The number of hydrogen-bond acceptors (Lipinski definition) is 5. The number of hydrogen-bond donors (Lipinski definition) is 0. The first-order chi connectivity index (χ1) is 11.5. The summed E-state index contributed by atoms with van der Waals surface area (Å²) in [5, 5.41) is 0. The molecule has 1 aromatic rings. The van der Waals surface area contributed by atoms with Crippen LogP contribution >= 0.6 is 22.6 Å². The van der Waals surface area contributed by atoms with E-state index in [0.717, 1.165) is 14.7 Å². The first-order valence-corrected chi connectivity index (χ1v) is 8.60. The van der Waals surface area contributed by atoms with Crippen molar-refractivity contribution in [3.63, 3.8) is 0 Å². The van der Waals surface area contributed by atoms with Crippen molar-refractivity contribution in [2.45, 2.75) is 13.3 Å². The highest BCUT2D eigenvalue weighted by atomic mass is 127. The van der Waals surface area contributed by atoms with E-state index in [0.29, 0.717) is 37.4 Å². The molecule has 0 N–H and O–H groups in total. The largest absolute Gasteiger partial charge is 0.496 e. The monoisotopic (exact) mass is 445 g/mol. The maximum atomic E-state index is 12.0. The Morgan fingerprint density at radius 1 is 1.42 bits per heavy atom. The van der Waals surface area contributed by atoms with Crippen LogP contribution in [0.4, 0.5) is 4.79 Å². The highest BCUT2D eigenvalue weighted by Crippen LogP contribution is 2.31. The third-order valence-corrected chi connectivity index (χ3v) is 4.79. The van der Waals surface area contributed by atoms with E-state index in [1.165, 1.54) is 14.2 Å². The minimum absolute atomic E-state index is 0.258. The fraction of sp³-hybridized carbons (Fsp3) is 0.412. The molecule has 130 valence electrons. The van der Waals surface area contributed by atoms with Crippen LogP contribution in [0.5, 0.6) is 5.75 Å². The molecule has 1 aliphatic heterocycles. The zero-order chi connectivity index (χ0) is 17.7. The van der Waals surface area contributed by atoms with Crippen LogP contribution in [0.2, 0.25) is 0 Å². The Kier molecular flexibility index (Phi) is 6.47. The lowest BCUT2D eigenvalue weighted by Gasteiger charge is -2.13. The Balaban J connectivity index is 2.17. The number of carbonyl (C=O) groups is 2. The first-order valence-electron chi connectivity index (χ1n) is 7.52. The number of methoxy groups -OCH3 is 2. The van der Waals surface area contributed by atoms with E-state index in [1.54, 1.807) is 11.0 Å². The molecule has 1 aromatic carbocycles. The van der Waals surface area contributed by atoms with Gasteiger partial charge in [0.1, 0.15) is 17.9 Å². The topological polar surface area (TPSA) is 65.1 Å². The lowest BCUT2D eigenvalue weighted by atomic mass is 10.0. The number of nitrogens with zero attached hydrogens (tertiary/aromatic N) is 1. The van der Waals surface area contributed by atoms with Crippen molar-refractivity contribution in [1.29, 1.82) is 0 Å². The molecule has 1 aliphatic rings. The number of aryl methyl sites for hydroxylation is 1. The molecule has 2 rings (SSSR count). The summed E-state index contributed by atoms with van der Waals surface area (Å²) >= 11 is 2.23. The summed E-state index contributed by atoms with van der Waals surface area (Å²) in [6, 6.07) is 3.73. The molecule has 0 unspecified atom stereocenters. The van der Waals surface area contributed by atoms with Crippen molar-refractivity contribution < 1.29 is 23.8 Å². The van der Waals surface area contributed by atoms with E-state index in [-0.39, 0.29) is 6.09 Å². The van der Waals surface area contributed by atoms with E-state index in [1.807, 2.05) is 19.1 Å². The smallest absolute Gasteiger partial charge is 0.409 e. The van der Waals surface area contributed by atoms with Gasteiger partial charge < -0.3 is 19.1 Å². The Morgan fingerprint density at radius 3 is 2.75 bits per heavy atom. The number of esters is 1. The standard InChI is InChI=1S/C17H20INO5/c1-11-9-12(10-13(15(11)22-2)16(20)23-3)14(18)5-4-6-19-7-8-24-17(19)21/h5,9-10H,4,6-8H2,1-3H3/b14-5-. The molecule has 0 atom stereocenters. The van der Waals surface area contributed by atoms with Crippen LogP contribution in [0, 0.1) is 6.92 Å². The normalized spacial score (nSPS) is 14.6. The molecule has 24 heavy (non-hydrogen) atoms. The van der Waals surface area contributed by atoms with Crippen molar-refractivity contribution in [2.75, 3.05) is 33.9 Å². The van der Waals surface area contributed by atoms with Crippen molar-refractivity contribution >= 4 is 38.2 Å². The average molecular weight is 445 g/mol. The first kappa shape index (κ1) is 18.6. The minimum Gasteiger partial charge on any atom is -0.496 e. The van der Waals surface area contributed by atoms with Gasteiger partial charge >= 0.3 is 12.1 Å². The fourth-order valence-corrected chi connectivity index (χ4v) is 3.16. The Hall–Kier alpha value is -1.77. The lowest BCUT2D eigenvalue weighted by molar-refractivity contribution is 0.0597. The van der Waals surface area contributed by atoms with E-state index in [9.17, 15) is 9.59 Å². The molecule has 7 heteroatoms. The molecule has 0 saturated carbocycles. The number of cyclic esters (lactones) is 1. The number of ether oxygens (including phenoxy) is 3.